The number of aromatic nitrogens is 2. The number of hydrogen-bond acceptors (Lipinski definition) is 8. The Labute approximate surface area is 468 Å². The summed E-state index contributed by atoms with van der Waals surface area (Å²) in [6, 6.07) is 44.8. The Kier molecular flexibility index (Phi) is 20.5. The minimum absolute atomic E-state index is 0.0554. The quantitative estimate of drug-likeness (QED) is 0.0752. The second-order valence-electron chi connectivity index (χ2n) is 19.4. The van der Waals surface area contributed by atoms with Crippen LogP contribution in [0.25, 0.3) is 10.9 Å². The van der Waals surface area contributed by atoms with Crippen molar-refractivity contribution >= 4 is 89.2 Å². The zero-order valence-corrected chi connectivity index (χ0v) is 48.0. The van der Waals surface area contributed by atoms with E-state index in [9.17, 15) is 19.2 Å². The molecule has 1 aliphatic rings. The molecular formula is C60H65Br2Cl2N7O4. The van der Waals surface area contributed by atoms with Gasteiger partial charge in [0, 0.05) is 60.7 Å². The first-order valence-corrected chi connectivity index (χ1v) is 27.7. The molecular weight excluding hydrogens is 1110 g/mol. The second kappa shape index (κ2) is 26.9. The van der Waals surface area contributed by atoms with Crippen LogP contribution in [0.2, 0.25) is 10.0 Å². The van der Waals surface area contributed by atoms with Crippen molar-refractivity contribution in [3.63, 3.8) is 0 Å². The lowest BCUT2D eigenvalue weighted by atomic mass is 9.78. The predicted octanol–water partition coefficient (Wildman–Crippen LogP) is 13.4. The average molecular weight is 1180 g/mol. The summed E-state index contributed by atoms with van der Waals surface area (Å²) in [5.41, 5.74) is 5.00. The summed E-state index contributed by atoms with van der Waals surface area (Å²) in [5, 5.41) is 5.20. The maximum Gasteiger partial charge on any atom is 0.261 e. The topological polar surface area (TPSA) is 111 Å². The van der Waals surface area contributed by atoms with Crippen molar-refractivity contribution in [1.29, 1.82) is 0 Å². The third-order valence-electron chi connectivity index (χ3n) is 13.6. The molecule has 1 aliphatic heterocycles. The summed E-state index contributed by atoms with van der Waals surface area (Å²) in [6.45, 7) is 7.06. The minimum atomic E-state index is -0.409. The molecule has 1 aromatic heterocycles. The Morgan fingerprint density at radius 1 is 0.680 bits per heavy atom. The molecule has 0 saturated carbocycles. The van der Waals surface area contributed by atoms with Gasteiger partial charge >= 0.3 is 0 Å². The number of rotatable bonds is 20. The highest BCUT2D eigenvalue weighted by atomic mass is 79.9. The summed E-state index contributed by atoms with van der Waals surface area (Å²) >= 11 is 19.5. The molecule has 2 heterocycles. The van der Waals surface area contributed by atoms with Gasteiger partial charge in [-0.2, -0.15) is 0 Å². The van der Waals surface area contributed by atoms with E-state index in [-0.39, 0.29) is 41.2 Å². The van der Waals surface area contributed by atoms with Crippen molar-refractivity contribution in [2.24, 2.45) is 11.8 Å². The molecule has 2 amide bonds. The summed E-state index contributed by atoms with van der Waals surface area (Å²) in [7, 11) is 8.07. The van der Waals surface area contributed by atoms with Crippen LogP contribution in [0.1, 0.15) is 93.6 Å². The molecule has 0 radical (unpaired) electrons. The average Bonchev–Trinajstić information content (AvgIpc) is 3.40. The van der Waals surface area contributed by atoms with E-state index in [0.717, 1.165) is 46.0 Å². The van der Waals surface area contributed by atoms with E-state index in [1.165, 1.54) is 0 Å². The standard InChI is InChI=1S/C30H32BrClN4O2.C30H33BrClN3O2/c1-4-27(35(18-8-17-34(2)3)29(37)22-11-13-23(31)14-12-22)28-33-26-19-24(32)15-16-25(26)30(38)36(28)20-21-9-6-5-7-10-21;1-4-24(25(16-17-34(2)3)28(36)21-10-12-22(31)13-11-21)29-33-27-18-23(32)14-15-26(27)30(37)35(29)19-20-8-6-5-7-9-20/h5-7,9-16,19,27H,4,8,17-18,20H2,1-3H3;5-15,18,24-25,29,33H,4,16-17,19H2,1-3H3. The number of ketones is 1. The molecule has 15 heteroatoms. The molecule has 1 N–H and O–H groups in total. The number of amides is 2. The first-order valence-electron chi connectivity index (χ1n) is 25.4. The first kappa shape index (κ1) is 57.0. The largest absolute Gasteiger partial charge is 0.364 e. The van der Waals surface area contributed by atoms with Gasteiger partial charge < -0.3 is 24.9 Å². The number of carbonyl (C=O) groups is 3. The molecule has 0 spiro atoms. The molecule has 0 aliphatic carbocycles. The second-order valence-corrected chi connectivity index (χ2v) is 22.1. The fourth-order valence-electron chi connectivity index (χ4n) is 9.76. The van der Waals surface area contributed by atoms with Gasteiger partial charge in [0.2, 0.25) is 0 Å². The van der Waals surface area contributed by atoms with E-state index in [1.54, 1.807) is 41.0 Å². The third kappa shape index (κ3) is 14.6. The normalized spacial score (nSPS) is 14.4. The van der Waals surface area contributed by atoms with Crippen LogP contribution in [0.15, 0.2) is 159 Å². The van der Waals surface area contributed by atoms with Gasteiger partial charge in [0.15, 0.2) is 5.78 Å². The van der Waals surface area contributed by atoms with E-state index in [4.69, 9.17) is 28.2 Å². The molecule has 0 fully saturated rings. The van der Waals surface area contributed by atoms with Crippen molar-refractivity contribution in [3.05, 3.63) is 209 Å². The van der Waals surface area contributed by atoms with Gasteiger partial charge in [0.05, 0.1) is 29.1 Å². The zero-order valence-electron chi connectivity index (χ0n) is 43.4. The van der Waals surface area contributed by atoms with Crippen LogP contribution in [0, 0.1) is 11.8 Å². The van der Waals surface area contributed by atoms with Crippen molar-refractivity contribution in [2.45, 2.75) is 64.8 Å². The molecule has 7 aromatic rings. The van der Waals surface area contributed by atoms with E-state index in [1.807, 2.05) is 154 Å². The molecule has 4 unspecified atom stereocenters. The fourth-order valence-corrected chi connectivity index (χ4v) is 10.6. The van der Waals surface area contributed by atoms with Crippen molar-refractivity contribution in [2.75, 3.05) is 53.1 Å². The third-order valence-corrected chi connectivity index (χ3v) is 15.1. The number of Topliss-reactive ketones (excluding diaryl/α,β-unsaturated/α-hetero) is 1. The van der Waals surface area contributed by atoms with Gasteiger partial charge in [-0.15, -0.1) is 0 Å². The van der Waals surface area contributed by atoms with Crippen LogP contribution < -0.4 is 10.9 Å². The Morgan fingerprint density at radius 2 is 1.25 bits per heavy atom. The molecule has 0 saturated heterocycles. The van der Waals surface area contributed by atoms with E-state index in [0.29, 0.717) is 81.6 Å². The predicted molar refractivity (Wildman–Crippen MR) is 312 cm³/mol. The lowest BCUT2D eigenvalue weighted by molar-refractivity contribution is 0.0497. The first-order chi connectivity index (χ1) is 36.1. The van der Waals surface area contributed by atoms with Crippen molar-refractivity contribution < 1.29 is 14.4 Å². The molecule has 75 heavy (non-hydrogen) atoms. The van der Waals surface area contributed by atoms with Crippen molar-refractivity contribution in [1.82, 2.24) is 29.2 Å². The molecule has 8 rings (SSSR count). The monoisotopic (exact) mass is 1180 g/mol. The summed E-state index contributed by atoms with van der Waals surface area (Å²) in [4.78, 5) is 68.6. The van der Waals surface area contributed by atoms with Gasteiger partial charge in [-0.05, 0) is 151 Å². The van der Waals surface area contributed by atoms with E-state index in [2.05, 4.69) is 53.9 Å². The maximum atomic E-state index is 14.0. The van der Waals surface area contributed by atoms with Crippen LogP contribution in [-0.4, -0.2) is 101 Å². The Hall–Kier alpha value is -5.67. The number of fused-ring (bicyclic) bond motifs is 2. The highest BCUT2D eigenvalue weighted by Gasteiger charge is 2.42. The van der Waals surface area contributed by atoms with Gasteiger partial charge in [-0.3, -0.25) is 23.7 Å². The van der Waals surface area contributed by atoms with Gasteiger partial charge in [0.1, 0.15) is 12.0 Å². The van der Waals surface area contributed by atoms with Crippen LogP contribution in [0.3, 0.4) is 0 Å². The molecule has 4 atom stereocenters. The molecule has 392 valence electrons. The SMILES string of the molecule is CCC(C(CCN(C)C)C(=O)c1ccc(Br)cc1)C1Nc2cc(Cl)ccc2C(=O)N1Cc1ccccc1.CCC(c1nc2cc(Cl)ccc2c(=O)n1Cc1ccccc1)N(CCCN(C)C)C(=O)c1ccc(Br)cc1. The minimum Gasteiger partial charge on any atom is -0.364 e. The van der Waals surface area contributed by atoms with E-state index >= 15 is 0 Å². The number of carbonyl (C=O) groups excluding carboxylic acids is 3. The summed E-state index contributed by atoms with van der Waals surface area (Å²) in [6.07, 6.45) is 2.43. The van der Waals surface area contributed by atoms with Crippen LogP contribution in [-0.2, 0) is 13.1 Å². The van der Waals surface area contributed by atoms with Crippen LogP contribution in [0.4, 0.5) is 5.69 Å². The molecule has 11 nitrogen and oxygen atoms in total. The number of anilines is 1. The number of nitrogens with one attached hydrogen (secondary N) is 1. The van der Waals surface area contributed by atoms with E-state index < -0.39 is 6.04 Å². The van der Waals surface area contributed by atoms with Gasteiger partial charge in [0.25, 0.3) is 17.4 Å². The van der Waals surface area contributed by atoms with Crippen LogP contribution in [0.5, 0.6) is 0 Å². The fraction of sp³-hybridized carbons (Fsp3) is 0.317. The lowest BCUT2D eigenvalue weighted by Crippen LogP contribution is -2.54. The Bertz CT molecular complexity index is 3110. The summed E-state index contributed by atoms with van der Waals surface area (Å²) in [5.74, 6) is 0.127. The number of halogens is 4. The van der Waals surface area contributed by atoms with Gasteiger partial charge in [-0.25, -0.2) is 4.98 Å². The van der Waals surface area contributed by atoms with Crippen LogP contribution >= 0.6 is 55.1 Å². The molecule has 6 aromatic carbocycles. The number of hydrogen-bond donors (Lipinski definition) is 1. The number of benzene rings is 6. The Morgan fingerprint density at radius 3 is 1.84 bits per heavy atom. The van der Waals surface area contributed by atoms with Crippen molar-refractivity contribution in [3.8, 4) is 0 Å². The zero-order chi connectivity index (χ0) is 53.8. The Balaban J connectivity index is 0.000000219. The molecule has 0 bridgehead atoms. The number of nitrogens with zero attached hydrogens (tertiary/aromatic N) is 6. The smallest absolute Gasteiger partial charge is 0.261 e. The highest BCUT2D eigenvalue weighted by molar-refractivity contribution is 9.10. The lowest BCUT2D eigenvalue weighted by Gasteiger charge is -2.44. The highest BCUT2D eigenvalue weighted by Crippen LogP contribution is 2.37. The summed E-state index contributed by atoms with van der Waals surface area (Å²) < 4.78 is 3.56. The van der Waals surface area contributed by atoms with Gasteiger partial charge in [-0.1, -0.05) is 142 Å². The maximum absolute atomic E-state index is 14.0.